The molecular weight excluding hydrogens is 561 g/mol. The lowest BCUT2D eigenvalue weighted by atomic mass is 9.56. The van der Waals surface area contributed by atoms with Gasteiger partial charge in [0.1, 0.15) is 5.60 Å². The second-order valence-corrected chi connectivity index (χ2v) is 13.3. The summed E-state index contributed by atoms with van der Waals surface area (Å²) in [7, 11) is 0. The number of nitrogens with zero attached hydrogens (tertiary/aromatic N) is 4. The number of carbonyl (C=O) groups excluding carboxylic acids is 2. The fourth-order valence-electron chi connectivity index (χ4n) is 6.82. The molecule has 9 nitrogen and oxygen atoms in total. The highest BCUT2D eigenvalue weighted by Crippen LogP contribution is 2.56. The summed E-state index contributed by atoms with van der Waals surface area (Å²) in [5.74, 6) is -0.544. The maximum Gasteiger partial charge on any atom is 0.416 e. The summed E-state index contributed by atoms with van der Waals surface area (Å²) >= 11 is 0. The van der Waals surface area contributed by atoms with Crippen molar-refractivity contribution in [3.05, 3.63) is 64.1 Å². The average molecular weight is 601 g/mol. The van der Waals surface area contributed by atoms with Crippen LogP contribution in [0.4, 0.5) is 18.0 Å². The summed E-state index contributed by atoms with van der Waals surface area (Å²) < 4.78 is 47.0. The summed E-state index contributed by atoms with van der Waals surface area (Å²) in [6, 6.07) is 3.89. The predicted octanol–water partition coefficient (Wildman–Crippen LogP) is 4.80. The lowest BCUT2D eigenvalue weighted by Gasteiger charge is -2.48. The van der Waals surface area contributed by atoms with Crippen molar-refractivity contribution >= 4 is 17.7 Å². The Morgan fingerprint density at radius 2 is 1.88 bits per heavy atom. The molecule has 232 valence electrons. The van der Waals surface area contributed by atoms with Gasteiger partial charge in [0, 0.05) is 43.0 Å². The van der Waals surface area contributed by atoms with Gasteiger partial charge >= 0.3 is 12.3 Å². The normalized spacial score (nSPS) is 24.5. The van der Waals surface area contributed by atoms with Crippen molar-refractivity contribution < 1.29 is 27.5 Å². The fraction of sp³-hybridized carbons (Fsp3) is 0.548. The van der Waals surface area contributed by atoms with Crippen LogP contribution < -0.4 is 11.5 Å². The number of likely N-dealkylation sites (tertiary alicyclic amines) is 1. The zero-order valence-electron chi connectivity index (χ0n) is 25.0. The average Bonchev–Trinajstić information content (AvgIpc) is 3.47. The van der Waals surface area contributed by atoms with Crippen LogP contribution in [-0.2, 0) is 22.3 Å². The molecule has 3 heterocycles. The molecule has 1 aliphatic carbocycles. The third-order valence-electron chi connectivity index (χ3n) is 8.65. The van der Waals surface area contributed by atoms with Crippen LogP contribution in [0.3, 0.4) is 0 Å². The van der Waals surface area contributed by atoms with Crippen LogP contribution in [0.25, 0.3) is 0 Å². The van der Waals surface area contributed by atoms with Crippen LogP contribution in [0.5, 0.6) is 0 Å². The molecule has 2 aliphatic heterocycles. The van der Waals surface area contributed by atoms with Crippen LogP contribution in [0, 0.1) is 24.2 Å². The Balaban J connectivity index is 1.30. The van der Waals surface area contributed by atoms with E-state index >= 15 is 0 Å². The first-order valence-corrected chi connectivity index (χ1v) is 14.6. The van der Waals surface area contributed by atoms with E-state index in [2.05, 4.69) is 10.1 Å². The highest BCUT2D eigenvalue weighted by atomic mass is 19.4. The maximum atomic E-state index is 13.3. The van der Waals surface area contributed by atoms with E-state index in [0.717, 1.165) is 31.4 Å². The molecule has 1 spiro atoms. The van der Waals surface area contributed by atoms with Crippen molar-refractivity contribution in [3.8, 4) is 0 Å². The topological polar surface area (TPSA) is 129 Å². The van der Waals surface area contributed by atoms with Gasteiger partial charge in [-0.1, -0.05) is 11.6 Å². The number of amides is 2. The summed E-state index contributed by atoms with van der Waals surface area (Å²) in [6.45, 7) is 9.01. The summed E-state index contributed by atoms with van der Waals surface area (Å²) in [4.78, 5) is 31.8. The number of aryl methyl sites for hydroxylation is 1. The number of nitrogens with two attached hydrogens (primary N) is 2. The number of benzene rings is 1. The van der Waals surface area contributed by atoms with Crippen LogP contribution in [0.2, 0.25) is 0 Å². The number of aliphatic imine (C=N–C) groups is 1. The van der Waals surface area contributed by atoms with Crippen molar-refractivity contribution in [2.75, 3.05) is 19.6 Å². The van der Waals surface area contributed by atoms with Crippen LogP contribution in [0.1, 0.15) is 68.7 Å². The summed E-state index contributed by atoms with van der Waals surface area (Å²) in [5.41, 5.74) is 13.7. The van der Waals surface area contributed by atoms with Gasteiger partial charge in [0.25, 0.3) is 5.91 Å². The molecule has 5 rings (SSSR count). The van der Waals surface area contributed by atoms with Gasteiger partial charge in [-0.25, -0.2) is 4.79 Å². The number of carbonyl (C=O) groups is 2. The summed E-state index contributed by atoms with van der Waals surface area (Å²) in [5, 5.41) is 4.33. The molecule has 2 amide bonds. The van der Waals surface area contributed by atoms with E-state index in [1.807, 2.05) is 20.8 Å². The number of ether oxygens (including phenoxy) is 1. The van der Waals surface area contributed by atoms with Gasteiger partial charge < -0.3 is 21.1 Å². The Morgan fingerprint density at radius 1 is 1.16 bits per heavy atom. The van der Waals surface area contributed by atoms with E-state index in [4.69, 9.17) is 16.2 Å². The second kappa shape index (κ2) is 11.0. The van der Waals surface area contributed by atoms with Crippen molar-refractivity contribution in [2.45, 2.75) is 71.7 Å². The number of rotatable bonds is 5. The minimum Gasteiger partial charge on any atom is -0.444 e. The molecule has 1 atom stereocenters. The largest absolute Gasteiger partial charge is 0.444 e. The third-order valence-corrected chi connectivity index (χ3v) is 8.65. The molecule has 2 aromatic rings. The molecular formula is C31H39F3N6O3. The van der Waals surface area contributed by atoms with E-state index in [-0.39, 0.29) is 35.5 Å². The molecule has 2 fully saturated rings. The van der Waals surface area contributed by atoms with Gasteiger partial charge in [-0.2, -0.15) is 18.3 Å². The molecule has 4 N–H and O–H groups in total. The Hall–Kier alpha value is -3.83. The molecule has 1 saturated heterocycles. The number of halogens is 3. The molecule has 43 heavy (non-hydrogen) atoms. The molecule has 0 radical (unpaired) electrons. The number of alkyl halides is 3. The molecule has 1 saturated carbocycles. The van der Waals surface area contributed by atoms with Gasteiger partial charge in [-0.3, -0.25) is 14.5 Å². The molecule has 3 aliphatic rings. The third kappa shape index (κ3) is 6.57. The van der Waals surface area contributed by atoms with E-state index in [0.29, 0.717) is 54.2 Å². The van der Waals surface area contributed by atoms with Crippen LogP contribution in [-0.4, -0.2) is 57.6 Å². The Labute approximate surface area is 249 Å². The Kier molecular flexibility index (Phi) is 7.85. The molecule has 12 heteroatoms. The van der Waals surface area contributed by atoms with Crippen LogP contribution >= 0.6 is 0 Å². The van der Waals surface area contributed by atoms with Gasteiger partial charge in [0.05, 0.1) is 29.6 Å². The zero-order valence-corrected chi connectivity index (χ0v) is 25.0. The molecule has 0 bridgehead atoms. The predicted molar refractivity (Wildman–Crippen MR) is 155 cm³/mol. The maximum absolute atomic E-state index is 13.3. The fourth-order valence-corrected chi connectivity index (χ4v) is 6.82. The first-order valence-electron chi connectivity index (χ1n) is 14.6. The smallest absolute Gasteiger partial charge is 0.416 e. The van der Waals surface area contributed by atoms with Gasteiger partial charge in [0.15, 0.2) is 0 Å². The first-order chi connectivity index (χ1) is 20.0. The van der Waals surface area contributed by atoms with Gasteiger partial charge in [-0.05, 0) is 82.4 Å². The number of hydrogen-bond acceptors (Lipinski definition) is 6. The highest BCUT2D eigenvalue weighted by Gasteiger charge is 2.52. The van der Waals surface area contributed by atoms with E-state index in [9.17, 15) is 22.8 Å². The van der Waals surface area contributed by atoms with E-state index in [1.54, 1.807) is 24.1 Å². The van der Waals surface area contributed by atoms with Crippen molar-refractivity contribution in [2.24, 2.45) is 33.7 Å². The molecule has 0 unspecified atom stereocenters. The monoisotopic (exact) mass is 600 g/mol. The van der Waals surface area contributed by atoms with E-state index in [1.165, 1.54) is 10.9 Å². The number of allylic oxidation sites excluding steroid dienone is 1. The second-order valence-electron chi connectivity index (χ2n) is 13.3. The zero-order chi connectivity index (χ0) is 31.3. The first kappa shape index (κ1) is 30.6. The van der Waals surface area contributed by atoms with Gasteiger partial charge in [-0.15, -0.1) is 0 Å². The molecule has 1 aromatic carbocycles. The van der Waals surface area contributed by atoms with Crippen molar-refractivity contribution in [1.29, 1.82) is 0 Å². The Morgan fingerprint density at radius 3 is 2.53 bits per heavy atom. The number of aromatic nitrogens is 2. The number of primary amides is 1. The standard InChI is InChI=1S/C31H39F3N6O3/c1-18-9-19(11-22(10-18)31(32,33)34)15-40-16-21(14-38-40)26-24(27(36)41)25(35)23(5-7-37-26)20-12-30(13-20)6-8-39(17-30)28(42)43-29(2,3)4/h9-11,14,16,20,23H,5-8,12-13,15,17,35H2,1-4H3,(H2,36,41)/t20?,23-,30?/m1/s1. The van der Waals surface area contributed by atoms with Crippen molar-refractivity contribution in [1.82, 2.24) is 14.7 Å². The quantitative estimate of drug-likeness (QED) is 0.509. The van der Waals surface area contributed by atoms with Crippen molar-refractivity contribution in [3.63, 3.8) is 0 Å². The number of hydrogen-bond donors (Lipinski definition) is 2. The minimum atomic E-state index is -4.45. The highest BCUT2D eigenvalue weighted by molar-refractivity contribution is 6.28. The SMILES string of the molecule is Cc1cc(Cn2cc(C3=NCC[C@H](C4CC5(CCN(C(=O)OC(C)(C)C)C5)C4)C(N)=C3C(N)=O)cn2)cc(C(F)(F)F)c1. The summed E-state index contributed by atoms with van der Waals surface area (Å²) in [6.07, 6.45) is 1.75. The minimum absolute atomic E-state index is 0.0215. The lowest BCUT2D eigenvalue weighted by Crippen LogP contribution is -2.45. The molecule has 1 aromatic heterocycles. The van der Waals surface area contributed by atoms with Gasteiger partial charge in [0.2, 0.25) is 0 Å². The lowest BCUT2D eigenvalue weighted by molar-refractivity contribution is -0.137. The van der Waals surface area contributed by atoms with Crippen LogP contribution in [0.15, 0.2) is 46.9 Å². The van der Waals surface area contributed by atoms with E-state index < -0.39 is 23.2 Å². The Bertz CT molecular complexity index is 1480.